The van der Waals surface area contributed by atoms with Gasteiger partial charge in [0, 0.05) is 12.1 Å². The fourth-order valence-electron chi connectivity index (χ4n) is 2.85. The van der Waals surface area contributed by atoms with E-state index in [-0.39, 0.29) is 25.9 Å². The van der Waals surface area contributed by atoms with E-state index in [0.717, 1.165) is 11.1 Å². The Labute approximate surface area is 174 Å². The Balaban J connectivity index is 1.53. The van der Waals surface area contributed by atoms with Crippen LogP contribution in [0.4, 0.5) is 0 Å². The molecule has 0 aromatic heterocycles. The molecule has 0 saturated carbocycles. The molecule has 0 aliphatic carbocycles. The van der Waals surface area contributed by atoms with Crippen LogP contribution in [0.1, 0.15) is 18.1 Å². The van der Waals surface area contributed by atoms with Crippen LogP contribution in [0.25, 0.3) is 0 Å². The Kier molecular flexibility index (Phi) is 6.84. The first-order chi connectivity index (χ1) is 14.5. The number of carbonyl (C=O) groups excluding carboxylic acids is 1. The molecule has 0 radical (unpaired) electrons. The van der Waals surface area contributed by atoms with E-state index in [1.807, 2.05) is 12.1 Å². The fourth-order valence-corrected chi connectivity index (χ4v) is 2.85. The second-order valence-electron chi connectivity index (χ2n) is 6.33. The molecule has 0 atom stereocenters. The number of nitrogens with one attached hydrogen (secondary N) is 1. The van der Waals surface area contributed by atoms with Crippen LogP contribution in [0.5, 0.6) is 28.7 Å². The van der Waals surface area contributed by atoms with E-state index in [2.05, 4.69) is 10.5 Å². The van der Waals surface area contributed by atoms with Crippen LogP contribution in [0.15, 0.2) is 35.5 Å². The van der Waals surface area contributed by atoms with Gasteiger partial charge in [-0.2, -0.15) is 0 Å². The summed E-state index contributed by atoms with van der Waals surface area (Å²) in [6.45, 7) is 2.04. The average molecular weight is 416 g/mol. The molecule has 2 aromatic carbocycles. The molecule has 160 valence electrons. The zero-order valence-electron chi connectivity index (χ0n) is 17.3. The molecule has 9 nitrogen and oxygen atoms in total. The van der Waals surface area contributed by atoms with E-state index in [0.29, 0.717) is 34.5 Å². The highest BCUT2D eigenvalue weighted by atomic mass is 16.7. The first-order valence-electron chi connectivity index (χ1n) is 9.18. The molecule has 0 saturated heterocycles. The summed E-state index contributed by atoms with van der Waals surface area (Å²) >= 11 is 0. The molecule has 30 heavy (non-hydrogen) atoms. The maximum Gasteiger partial charge on any atom is 0.261 e. The lowest BCUT2D eigenvalue weighted by atomic mass is 10.1. The van der Waals surface area contributed by atoms with Crippen LogP contribution in [0.3, 0.4) is 0 Å². The summed E-state index contributed by atoms with van der Waals surface area (Å²) in [6, 6.07) is 9.00. The Morgan fingerprint density at radius 2 is 1.73 bits per heavy atom. The molecule has 3 rings (SSSR count). The van der Waals surface area contributed by atoms with Gasteiger partial charge in [0.1, 0.15) is 0 Å². The molecule has 1 aliphatic rings. The van der Waals surface area contributed by atoms with Gasteiger partial charge in [-0.15, -0.1) is 0 Å². The maximum absolute atomic E-state index is 12.1. The Hall–Kier alpha value is -3.62. The maximum atomic E-state index is 12.1. The average Bonchev–Trinajstić information content (AvgIpc) is 3.24. The van der Waals surface area contributed by atoms with Gasteiger partial charge in [0.25, 0.3) is 5.91 Å². The van der Waals surface area contributed by atoms with Crippen LogP contribution in [0.2, 0.25) is 0 Å². The lowest BCUT2D eigenvalue weighted by Crippen LogP contribution is -2.26. The van der Waals surface area contributed by atoms with Gasteiger partial charge in [-0.1, -0.05) is 5.16 Å². The van der Waals surface area contributed by atoms with Crippen LogP contribution in [-0.2, 0) is 16.2 Å². The van der Waals surface area contributed by atoms with Crippen molar-refractivity contribution in [3.8, 4) is 28.7 Å². The lowest BCUT2D eigenvalue weighted by Gasteiger charge is -2.14. The van der Waals surface area contributed by atoms with Gasteiger partial charge in [0.15, 0.2) is 29.6 Å². The van der Waals surface area contributed by atoms with E-state index in [1.165, 1.54) is 21.3 Å². The molecule has 0 fully saturated rings. The van der Waals surface area contributed by atoms with Gasteiger partial charge < -0.3 is 33.8 Å². The number of fused-ring (bicyclic) bond motifs is 1. The number of methoxy groups -OCH3 is 3. The van der Waals surface area contributed by atoms with E-state index in [1.54, 1.807) is 25.1 Å². The van der Waals surface area contributed by atoms with Crippen LogP contribution in [0, 0.1) is 0 Å². The van der Waals surface area contributed by atoms with Crippen molar-refractivity contribution in [3.05, 3.63) is 41.5 Å². The summed E-state index contributed by atoms with van der Waals surface area (Å²) in [5.74, 6) is 2.56. The lowest BCUT2D eigenvalue weighted by molar-refractivity contribution is -0.125. The van der Waals surface area contributed by atoms with Crippen LogP contribution >= 0.6 is 0 Å². The molecule has 1 N–H and O–H groups in total. The van der Waals surface area contributed by atoms with Crippen molar-refractivity contribution < 1.29 is 33.3 Å². The van der Waals surface area contributed by atoms with Crippen molar-refractivity contribution >= 4 is 11.6 Å². The third-order valence-corrected chi connectivity index (χ3v) is 4.40. The van der Waals surface area contributed by atoms with E-state index < -0.39 is 0 Å². The summed E-state index contributed by atoms with van der Waals surface area (Å²) in [4.78, 5) is 17.3. The molecular formula is C21H24N2O7. The first kappa shape index (κ1) is 21.1. The number of carbonyl (C=O) groups is 1. The standard InChI is InChI=1S/C21H24N2O7/c1-13(15-5-6-16-17(9-15)29-12-28-16)23-30-11-20(24)22-10-14-7-18(25-2)21(27-4)19(8-14)26-3/h5-9H,10-12H2,1-4H3,(H,22,24)/b23-13-. The third kappa shape index (κ3) is 4.86. The zero-order chi connectivity index (χ0) is 21.5. The smallest absolute Gasteiger partial charge is 0.261 e. The predicted molar refractivity (Wildman–Crippen MR) is 109 cm³/mol. The Bertz CT molecular complexity index is 918. The van der Waals surface area contributed by atoms with Crippen molar-refractivity contribution in [2.75, 3.05) is 34.7 Å². The molecule has 1 amide bonds. The molecule has 2 aromatic rings. The summed E-state index contributed by atoms with van der Waals surface area (Å²) < 4.78 is 26.5. The first-order valence-corrected chi connectivity index (χ1v) is 9.18. The SMILES string of the molecule is COc1cc(CNC(=O)CO/N=C(/C)c2ccc3c(c2)OCO3)cc(OC)c1OC. The van der Waals surface area contributed by atoms with Crippen molar-refractivity contribution in [1.29, 1.82) is 0 Å². The van der Waals surface area contributed by atoms with Gasteiger partial charge in [-0.05, 0) is 42.8 Å². The topological polar surface area (TPSA) is 96.8 Å². The van der Waals surface area contributed by atoms with Gasteiger partial charge >= 0.3 is 0 Å². The summed E-state index contributed by atoms with van der Waals surface area (Å²) in [5.41, 5.74) is 2.22. The molecular weight excluding hydrogens is 392 g/mol. The summed E-state index contributed by atoms with van der Waals surface area (Å²) in [5, 5.41) is 6.76. The third-order valence-electron chi connectivity index (χ3n) is 4.40. The highest BCUT2D eigenvalue weighted by Gasteiger charge is 2.15. The summed E-state index contributed by atoms with van der Waals surface area (Å²) in [6.07, 6.45) is 0. The number of ether oxygens (including phenoxy) is 5. The number of benzene rings is 2. The molecule has 0 bridgehead atoms. The second-order valence-corrected chi connectivity index (χ2v) is 6.33. The van der Waals surface area contributed by atoms with Gasteiger partial charge in [0.2, 0.25) is 12.5 Å². The molecule has 0 unspecified atom stereocenters. The van der Waals surface area contributed by atoms with Crippen LogP contribution in [-0.4, -0.2) is 46.3 Å². The normalized spacial score (nSPS) is 12.3. The fraction of sp³-hybridized carbons (Fsp3) is 0.333. The van der Waals surface area contributed by atoms with Crippen LogP contribution < -0.4 is 29.0 Å². The number of hydrogen-bond donors (Lipinski definition) is 1. The molecule has 9 heteroatoms. The zero-order valence-corrected chi connectivity index (χ0v) is 17.3. The molecule has 1 aliphatic heterocycles. The number of rotatable bonds is 9. The number of oxime groups is 1. The van der Waals surface area contributed by atoms with Gasteiger partial charge in [-0.25, -0.2) is 0 Å². The van der Waals surface area contributed by atoms with E-state index in [9.17, 15) is 4.79 Å². The number of hydrogen-bond acceptors (Lipinski definition) is 8. The Morgan fingerprint density at radius 3 is 2.40 bits per heavy atom. The highest BCUT2D eigenvalue weighted by molar-refractivity contribution is 5.99. The predicted octanol–water partition coefficient (Wildman–Crippen LogP) is 2.50. The van der Waals surface area contributed by atoms with Gasteiger partial charge in [0.05, 0.1) is 27.0 Å². The minimum Gasteiger partial charge on any atom is -0.493 e. The van der Waals surface area contributed by atoms with E-state index in [4.69, 9.17) is 28.5 Å². The van der Waals surface area contributed by atoms with Crippen molar-refractivity contribution in [3.63, 3.8) is 0 Å². The minimum absolute atomic E-state index is 0.206. The monoisotopic (exact) mass is 416 g/mol. The van der Waals surface area contributed by atoms with Gasteiger partial charge in [-0.3, -0.25) is 4.79 Å². The largest absolute Gasteiger partial charge is 0.493 e. The summed E-state index contributed by atoms with van der Waals surface area (Å²) in [7, 11) is 4.60. The second kappa shape index (κ2) is 9.73. The number of amides is 1. The van der Waals surface area contributed by atoms with Crippen molar-refractivity contribution in [1.82, 2.24) is 5.32 Å². The molecule has 0 spiro atoms. The minimum atomic E-state index is -0.314. The quantitative estimate of drug-likeness (QED) is 0.496. The van der Waals surface area contributed by atoms with E-state index >= 15 is 0 Å². The van der Waals surface area contributed by atoms with Crippen molar-refractivity contribution in [2.45, 2.75) is 13.5 Å². The number of nitrogens with zero attached hydrogens (tertiary/aromatic N) is 1. The Morgan fingerprint density at radius 1 is 1.03 bits per heavy atom. The van der Waals surface area contributed by atoms with Crippen molar-refractivity contribution in [2.24, 2.45) is 5.16 Å². The molecule has 1 heterocycles. The highest BCUT2D eigenvalue weighted by Crippen LogP contribution is 2.38.